The Morgan fingerprint density at radius 1 is 0.935 bits per heavy atom. The van der Waals surface area contributed by atoms with Crippen molar-refractivity contribution in [3.8, 4) is 0 Å². The Hall–Kier alpha value is -2.25. The number of benzene rings is 3. The minimum atomic E-state index is -3.64. The Bertz CT molecular complexity index is 1210. The lowest BCUT2D eigenvalue weighted by atomic mass is 10.1. The average molecular weight is 498 g/mol. The van der Waals surface area contributed by atoms with Gasteiger partial charge in [-0.15, -0.1) is 0 Å². The molecule has 3 rings (SSSR count). The number of hydrogen-bond acceptors (Lipinski definition) is 3. The number of anilines is 2. The zero-order valence-corrected chi connectivity index (χ0v) is 19.8. The van der Waals surface area contributed by atoms with E-state index < -0.39 is 10.0 Å². The van der Waals surface area contributed by atoms with E-state index in [4.69, 9.17) is 34.8 Å². The van der Waals surface area contributed by atoms with Crippen molar-refractivity contribution >= 4 is 62.1 Å². The van der Waals surface area contributed by atoms with Crippen LogP contribution in [-0.2, 0) is 16.6 Å². The molecule has 3 aromatic carbocycles. The first-order chi connectivity index (χ1) is 14.6. The minimum Gasteiger partial charge on any atom is -0.322 e. The minimum absolute atomic E-state index is 0.0370. The molecule has 0 bridgehead atoms. The van der Waals surface area contributed by atoms with E-state index in [1.807, 2.05) is 13.0 Å². The number of nitrogens with one attached hydrogen (secondary N) is 1. The fourth-order valence-electron chi connectivity index (χ4n) is 2.88. The molecule has 0 atom stereocenters. The van der Waals surface area contributed by atoms with Crippen LogP contribution >= 0.6 is 34.8 Å². The van der Waals surface area contributed by atoms with Crippen molar-refractivity contribution in [2.75, 3.05) is 15.9 Å². The molecule has 1 N–H and O–H groups in total. The van der Waals surface area contributed by atoms with Gasteiger partial charge in [-0.05, 0) is 61.0 Å². The summed E-state index contributed by atoms with van der Waals surface area (Å²) >= 11 is 18.5. The predicted molar refractivity (Wildman–Crippen MR) is 128 cm³/mol. The van der Waals surface area contributed by atoms with Crippen molar-refractivity contribution in [2.24, 2.45) is 0 Å². The Morgan fingerprint density at radius 2 is 1.55 bits per heavy atom. The third-order valence-electron chi connectivity index (χ3n) is 4.61. The van der Waals surface area contributed by atoms with E-state index in [-0.39, 0.29) is 12.5 Å². The summed E-state index contributed by atoms with van der Waals surface area (Å²) < 4.78 is 26.0. The van der Waals surface area contributed by atoms with Crippen molar-refractivity contribution < 1.29 is 13.2 Å². The number of nitrogens with zero attached hydrogens (tertiary/aromatic N) is 1. The molecule has 0 aliphatic carbocycles. The standard InChI is InChI=1S/C22H19Cl3N2O3S/c1-14-6-9-16(12-21(14)25)26-22(28)15-7-10-17(11-8-15)27(31(2,29)30)13-18-19(23)4-3-5-20(18)24/h3-12H,13H2,1-2H3,(H,26,28). The molecule has 0 aliphatic rings. The highest BCUT2D eigenvalue weighted by Crippen LogP contribution is 2.29. The smallest absolute Gasteiger partial charge is 0.255 e. The van der Waals surface area contributed by atoms with Gasteiger partial charge < -0.3 is 5.32 Å². The van der Waals surface area contributed by atoms with Gasteiger partial charge in [0.15, 0.2) is 0 Å². The number of hydrogen-bond donors (Lipinski definition) is 1. The summed E-state index contributed by atoms with van der Waals surface area (Å²) in [4.78, 5) is 12.5. The summed E-state index contributed by atoms with van der Waals surface area (Å²) in [7, 11) is -3.64. The molecule has 0 aliphatic heterocycles. The zero-order chi connectivity index (χ0) is 22.8. The summed E-state index contributed by atoms with van der Waals surface area (Å²) in [5.41, 5.74) is 2.71. The van der Waals surface area contributed by atoms with E-state index in [2.05, 4.69) is 5.32 Å². The highest BCUT2D eigenvalue weighted by molar-refractivity contribution is 7.92. The van der Waals surface area contributed by atoms with Gasteiger partial charge in [0.2, 0.25) is 10.0 Å². The Balaban J connectivity index is 1.84. The number of sulfonamides is 1. The highest BCUT2D eigenvalue weighted by atomic mass is 35.5. The molecule has 31 heavy (non-hydrogen) atoms. The second-order valence-corrected chi connectivity index (χ2v) is 10.1. The lowest BCUT2D eigenvalue weighted by Gasteiger charge is -2.23. The van der Waals surface area contributed by atoms with Gasteiger partial charge >= 0.3 is 0 Å². The SMILES string of the molecule is Cc1ccc(NC(=O)c2ccc(N(Cc3c(Cl)cccc3Cl)S(C)(=O)=O)cc2)cc1Cl. The van der Waals surface area contributed by atoms with Crippen LogP contribution in [0.4, 0.5) is 11.4 Å². The van der Waals surface area contributed by atoms with Gasteiger partial charge in [0.05, 0.1) is 18.5 Å². The number of carbonyl (C=O) groups excluding carboxylic acids is 1. The van der Waals surface area contributed by atoms with Crippen LogP contribution in [0.1, 0.15) is 21.5 Å². The summed E-state index contributed by atoms with van der Waals surface area (Å²) in [5.74, 6) is -0.341. The maximum absolute atomic E-state index is 12.5. The molecule has 0 fully saturated rings. The number of carbonyl (C=O) groups is 1. The molecule has 0 unspecified atom stereocenters. The third-order valence-corrected chi connectivity index (χ3v) is 6.87. The Kier molecular flexibility index (Phi) is 7.17. The second kappa shape index (κ2) is 9.49. The maximum Gasteiger partial charge on any atom is 0.255 e. The van der Waals surface area contributed by atoms with Crippen molar-refractivity contribution in [3.05, 3.63) is 92.4 Å². The highest BCUT2D eigenvalue weighted by Gasteiger charge is 2.21. The summed E-state index contributed by atoms with van der Waals surface area (Å²) in [5, 5.41) is 4.06. The first-order valence-corrected chi connectivity index (χ1v) is 12.1. The monoisotopic (exact) mass is 496 g/mol. The molecule has 0 saturated heterocycles. The molecule has 0 heterocycles. The van der Waals surface area contributed by atoms with Crippen LogP contribution in [0.5, 0.6) is 0 Å². The van der Waals surface area contributed by atoms with Crippen molar-refractivity contribution in [1.29, 1.82) is 0 Å². The van der Waals surface area contributed by atoms with Crippen LogP contribution in [0.15, 0.2) is 60.7 Å². The molecule has 0 spiro atoms. The van der Waals surface area contributed by atoms with Crippen LogP contribution in [-0.4, -0.2) is 20.6 Å². The van der Waals surface area contributed by atoms with E-state index in [9.17, 15) is 13.2 Å². The van der Waals surface area contributed by atoms with Gasteiger partial charge in [-0.1, -0.05) is 46.9 Å². The van der Waals surface area contributed by atoms with Gasteiger partial charge in [-0.3, -0.25) is 9.10 Å². The summed E-state index contributed by atoms with van der Waals surface area (Å²) in [6.07, 6.45) is 1.10. The molecule has 5 nitrogen and oxygen atoms in total. The molecule has 0 saturated carbocycles. The van der Waals surface area contributed by atoms with Crippen LogP contribution in [0.3, 0.4) is 0 Å². The molecular formula is C22H19Cl3N2O3S. The molecule has 9 heteroatoms. The van der Waals surface area contributed by atoms with Gasteiger partial charge in [0.25, 0.3) is 5.91 Å². The fourth-order valence-corrected chi connectivity index (χ4v) is 4.45. The van der Waals surface area contributed by atoms with E-state index >= 15 is 0 Å². The Labute approximate surface area is 196 Å². The number of aryl methyl sites for hydroxylation is 1. The second-order valence-electron chi connectivity index (χ2n) is 6.93. The first kappa shape index (κ1) is 23.4. The Morgan fingerprint density at radius 3 is 2.10 bits per heavy atom. The van der Waals surface area contributed by atoms with Gasteiger partial charge in [0, 0.05) is 31.9 Å². The van der Waals surface area contributed by atoms with E-state index in [0.29, 0.717) is 37.6 Å². The first-order valence-electron chi connectivity index (χ1n) is 9.14. The van der Waals surface area contributed by atoms with Crippen LogP contribution in [0.25, 0.3) is 0 Å². The van der Waals surface area contributed by atoms with Crippen LogP contribution in [0, 0.1) is 6.92 Å². The van der Waals surface area contributed by atoms with Gasteiger partial charge in [0.1, 0.15) is 0 Å². The van der Waals surface area contributed by atoms with Crippen LogP contribution in [0.2, 0.25) is 15.1 Å². The largest absolute Gasteiger partial charge is 0.322 e. The summed E-state index contributed by atoms with van der Waals surface area (Å²) in [6, 6.07) is 16.4. The van der Waals surface area contributed by atoms with E-state index in [1.54, 1.807) is 54.6 Å². The molecule has 1 amide bonds. The van der Waals surface area contributed by atoms with Crippen LogP contribution < -0.4 is 9.62 Å². The summed E-state index contributed by atoms with van der Waals surface area (Å²) in [6.45, 7) is 1.83. The van der Waals surface area contributed by atoms with Crippen molar-refractivity contribution in [3.63, 3.8) is 0 Å². The van der Waals surface area contributed by atoms with E-state index in [1.165, 1.54) is 4.31 Å². The zero-order valence-electron chi connectivity index (χ0n) is 16.7. The van der Waals surface area contributed by atoms with Gasteiger partial charge in [-0.2, -0.15) is 0 Å². The fraction of sp³-hybridized carbons (Fsp3) is 0.136. The molecular weight excluding hydrogens is 479 g/mol. The predicted octanol–water partition coefficient (Wildman–Crippen LogP) is 6.17. The van der Waals surface area contributed by atoms with Crippen molar-refractivity contribution in [1.82, 2.24) is 0 Å². The molecule has 0 radical (unpaired) electrons. The van der Waals surface area contributed by atoms with E-state index in [0.717, 1.165) is 11.8 Å². The number of amides is 1. The third kappa shape index (κ3) is 5.71. The maximum atomic E-state index is 12.5. The number of rotatable bonds is 6. The lowest BCUT2D eigenvalue weighted by molar-refractivity contribution is 0.102. The normalized spacial score (nSPS) is 11.3. The average Bonchev–Trinajstić information content (AvgIpc) is 2.70. The lowest BCUT2D eigenvalue weighted by Crippen LogP contribution is -2.29. The quantitative estimate of drug-likeness (QED) is 0.442. The van der Waals surface area contributed by atoms with Gasteiger partial charge in [-0.25, -0.2) is 8.42 Å². The number of halogens is 3. The molecule has 3 aromatic rings. The molecule has 162 valence electrons. The topological polar surface area (TPSA) is 66.5 Å². The molecule has 0 aromatic heterocycles. The van der Waals surface area contributed by atoms with Crippen molar-refractivity contribution in [2.45, 2.75) is 13.5 Å².